The van der Waals surface area contributed by atoms with Crippen LogP contribution >= 0.6 is 11.6 Å². The summed E-state index contributed by atoms with van der Waals surface area (Å²) in [6, 6.07) is 0.259. The lowest BCUT2D eigenvalue weighted by molar-refractivity contribution is 0.620. The highest BCUT2D eigenvalue weighted by Crippen LogP contribution is 2.16. The number of aromatic nitrogens is 3. The Labute approximate surface area is 120 Å². The van der Waals surface area contributed by atoms with Crippen molar-refractivity contribution in [2.75, 3.05) is 28.7 Å². The number of nitrogens with zero attached hydrogens (tertiary/aromatic N) is 3. The van der Waals surface area contributed by atoms with Crippen LogP contribution in [0.25, 0.3) is 0 Å². The first kappa shape index (κ1) is 14.5. The molecule has 0 atom stereocenters. The number of anilines is 2. The van der Waals surface area contributed by atoms with Gasteiger partial charge >= 0.3 is 0 Å². The number of halogens is 1. The molecule has 1 aromatic rings. The Morgan fingerprint density at radius 3 is 2.63 bits per heavy atom. The predicted octanol–water partition coefficient (Wildman–Crippen LogP) is 1.67. The largest absolute Gasteiger partial charge is 0.354 e. The molecular weight excluding hydrogens is 286 g/mol. The van der Waals surface area contributed by atoms with Crippen LogP contribution in [0.3, 0.4) is 0 Å². The third kappa shape index (κ3) is 4.58. The highest BCUT2D eigenvalue weighted by Gasteiger charge is 2.18. The van der Waals surface area contributed by atoms with Crippen molar-refractivity contribution in [3.63, 3.8) is 0 Å². The predicted molar refractivity (Wildman–Crippen MR) is 78.1 cm³/mol. The minimum atomic E-state index is -0.664. The first-order chi connectivity index (χ1) is 9.17. The van der Waals surface area contributed by atoms with Crippen LogP contribution in [0, 0.1) is 0 Å². The molecular formula is C11H18ClN5OS. The molecule has 2 N–H and O–H groups in total. The molecule has 6 nitrogen and oxygen atoms in total. The topological polar surface area (TPSA) is 79.8 Å². The van der Waals surface area contributed by atoms with Crippen molar-refractivity contribution in [1.82, 2.24) is 15.0 Å². The lowest BCUT2D eigenvalue weighted by Gasteiger charge is -2.22. The van der Waals surface area contributed by atoms with Crippen molar-refractivity contribution in [2.45, 2.75) is 32.2 Å². The van der Waals surface area contributed by atoms with Gasteiger partial charge in [-0.25, -0.2) is 0 Å². The van der Waals surface area contributed by atoms with Gasteiger partial charge in [-0.05, 0) is 30.9 Å². The van der Waals surface area contributed by atoms with E-state index in [1.165, 1.54) is 0 Å². The van der Waals surface area contributed by atoms with Gasteiger partial charge in [0.15, 0.2) is 0 Å². The van der Waals surface area contributed by atoms with Crippen molar-refractivity contribution in [3.05, 3.63) is 5.28 Å². The van der Waals surface area contributed by atoms with Crippen molar-refractivity contribution in [1.29, 1.82) is 0 Å². The summed E-state index contributed by atoms with van der Waals surface area (Å²) in [5.41, 5.74) is 0. The quantitative estimate of drug-likeness (QED) is 0.861. The fourth-order valence-corrected chi connectivity index (χ4v) is 3.31. The number of hydrogen-bond acceptors (Lipinski definition) is 6. The van der Waals surface area contributed by atoms with E-state index in [4.69, 9.17) is 11.6 Å². The summed E-state index contributed by atoms with van der Waals surface area (Å²) >= 11 is 5.88. The molecule has 0 radical (unpaired) electrons. The minimum absolute atomic E-state index is 0.176. The molecule has 0 aliphatic carbocycles. The normalized spacial score (nSPS) is 23.1. The van der Waals surface area contributed by atoms with Gasteiger partial charge in [-0.3, -0.25) is 4.21 Å². The fraction of sp³-hybridized carbons (Fsp3) is 0.727. The Morgan fingerprint density at radius 2 is 1.95 bits per heavy atom. The molecule has 0 bridgehead atoms. The summed E-state index contributed by atoms with van der Waals surface area (Å²) in [7, 11) is -0.664. The summed E-state index contributed by atoms with van der Waals surface area (Å²) in [5.74, 6) is 2.44. The smallest absolute Gasteiger partial charge is 0.229 e. The third-order valence-electron chi connectivity index (χ3n) is 2.86. The molecule has 0 aromatic carbocycles. The molecule has 106 valence electrons. The van der Waals surface area contributed by atoms with Gasteiger partial charge in [0, 0.05) is 34.9 Å². The van der Waals surface area contributed by atoms with Crippen LogP contribution in [0.2, 0.25) is 5.28 Å². The lowest BCUT2D eigenvalue weighted by atomic mass is 10.2. The maximum atomic E-state index is 11.3. The third-order valence-corrected chi connectivity index (χ3v) is 4.41. The minimum Gasteiger partial charge on any atom is -0.354 e. The van der Waals surface area contributed by atoms with Crippen LogP contribution < -0.4 is 10.6 Å². The van der Waals surface area contributed by atoms with Gasteiger partial charge in [0.2, 0.25) is 17.2 Å². The molecule has 19 heavy (non-hydrogen) atoms. The van der Waals surface area contributed by atoms with E-state index in [2.05, 4.69) is 32.5 Å². The standard InChI is InChI=1S/C11H18ClN5OS/c1-2-5-13-10-15-9(12)16-11(17-10)14-8-3-6-19(18)7-4-8/h8H,2-7H2,1H3,(H2,13,14,15,16,17). The Kier molecular flexibility index (Phi) is 5.33. The molecule has 2 heterocycles. The van der Waals surface area contributed by atoms with Gasteiger partial charge in [0.05, 0.1) is 0 Å². The second-order valence-corrected chi connectivity index (χ2v) is 6.48. The van der Waals surface area contributed by atoms with Gasteiger partial charge in [0.25, 0.3) is 0 Å². The van der Waals surface area contributed by atoms with Crippen molar-refractivity contribution in [2.24, 2.45) is 0 Å². The van der Waals surface area contributed by atoms with Crippen LogP contribution in [-0.4, -0.2) is 43.3 Å². The first-order valence-corrected chi connectivity index (χ1v) is 8.31. The van der Waals surface area contributed by atoms with E-state index in [0.717, 1.165) is 37.3 Å². The van der Waals surface area contributed by atoms with Crippen LogP contribution in [0.5, 0.6) is 0 Å². The van der Waals surface area contributed by atoms with Crippen LogP contribution in [-0.2, 0) is 10.8 Å². The zero-order valence-corrected chi connectivity index (χ0v) is 12.4. The van der Waals surface area contributed by atoms with Crippen molar-refractivity contribution >= 4 is 34.3 Å². The highest BCUT2D eigenvalue weighted by atomic mass is 35.5. The Morgan fingerprint density at radius 1 is 1.26 bits per heavy atom. The zero-order valence-electron chi connectivity index (χ0n) is 10.9. The van der Waals surface area contributed by atoms with Gasteiger partial charge < -0.3 is 10.6 Å². The summed E-state index contributed by atoms with van der Waals surface area (Å²) < 4.78 is 11.3. The first-order valence-electron chi connectivity index (χ1n) is 6.44. The van der Waals surface area contributed by atoms with E-state index in [-0.39, 0.29) is 11.3 Å². The molecule has 0 saturated carbocycles. The van der Waals surface area contributed by atoms with E-state index in [1.807, 2.05) is 0 Å². The van der Waals surface area contributed by atoms with Gasteiger partial charge in [-0.15, -0.1) is 0 Å². The summed E-state index contributed by atoms with van der Waals surface area (Å²) in [5, 5.41) is 6.50. The van der Waals surface area contributed by atoms with Gasteiger partial charge in [-0.1, -0.05) is 6.92 Å². The highest BCUT2D eigenvalue weighted by molar-refractivity contribution is 7.85. The molecule has 0 unspecified atom stereocenters. The second-order valence-electron chi connectivity index (χ2n) is 4.45. The van der Waals surface area contributed by atoms with Crippen LogP contribution in [0.15, 0.2) is 0 Å². The van der Waals surface area contributed by atoms with E-state index in [0.29, 0.717) is 11.9 Å². The van der Waals surface area contributed by atoms with E-state index < -0.39 is 10.8 Å². The Hall–Kier alpha value is -0.950. The summed E-state index contributed by atoms with van der Waals surface area (Å²) in [4.78, 5) is 12.4. The summed E-state index contributed by atoms with van der Waals surface area (Å²) in [6.07, 6.45) is 2.72. The SMILES string of the molecule is CCCNc1nc(Cl)nc(NC2CCS(=O)CC2)n1. The lowest BCUT2D eigenvalue weighted by Crippen LogP contribution is -2.30. The second kappa shape index (κ2) is 7.00. The summed E-state index contributed by atoms with van der Waals surface area (Å²) in [6.45, 7) is 2.86. The van der Waals surface area contributed by atoms with Gasteiger partial charge in [0.1, 0.15) is 0 Å². The Balaban J connectivity index is 1.99. The number of hydrogen-bond donors (Lipinski definition) is 2. The van der Waals surface area contributed by atoms with Crippen molar-refractivity contribution in [3.8, 4) is 0 Å². The molecule has 0 amide bonds. The molecule has 8 heteroatoms. The van der Waals surface area contributed by atoms with E-state index in [1.54, 1.807) is 0 Å². The number of nitrogens with one attached hydrogen (secondary N) is 2. The molecule has 1 aromatic heterocycles. The van der Waals surface area contributed by atoms with Crippen LogP contribution in [0.4, 0.5) is 11.9 Å². The fourth-order valence-electron chi connectivity index (χ4n) is 1.85. The average Bonchev–Trinajstić information content (AvgIpc) is 2.38. The average molecular weight is 304 g/mol. The van der Waals surface area contributed by atoms with Crippen molar-refractivity contribution < 1.29 is 4.21 Å². The van der Waals surface area contributed by atoms with Crippen LogP contribution in [0.1, 0.15) is 26.2 Å². The van der Waals surface area contributed by atoms with E-state index in [9.17, 15) is 4.21 Å². The molecule has 2 rings (SSSR count). The molecule has 1 fully saturated rings. The maximum Gasteiger partial charge on any atom is 0.229 e. The molecule has 1 aliphatic heterocycles. The zero-order chi connectivity index (χ0) is 13.7. The van der Waals surface area contributed by atoms with E-state index >= 15 is 0 Å². The maximum absolute atomic E-state index is 11.3. The molecule has 1 aliphatic rings. The van der Waals surface area contributed by atoms with Gasteiger partial charge in [-0.2, -0.15) is 15.0 Å². The number of rotatable bonds is 5. The molecule has 1 saturated heterocycles. The monoisotopic (exact) mass is 303 g/mol. The Bertz CT molecular complexity index is 449. The molecule has 0 spiro atoms.